The van der Waals surface area contributed by atoms with Crippen molar-refractivity contribution in [3.63, 3.8) is 0 Å². The third-order valence-electron chi connectivity index (χ3n) is 2.88. The zero-order valence-electron chi connectivity index (χ0n) is 7.27. The maximum absolute atomic E-state index is 10.9. The molecule has 1 aliphatic heterocycles. The molecule has 3 heteroatoms. The molecule has 1 spiro atoms. The summed E-state index contributed by atoms with van der Waals surface area (Å²) in [5.41, 5.74) is 0.00611. The first kappa shape index (κ1) is 8.05. The van der Waals surface area contributed by atoms with Crippen molar-refractivity contribution in [1.82, 2.24) is 5.32 Å². The van der Waals surface area contributed by atoms with E-state index < -0.39 is 0 Å². The molecule has 1 saturated carbocycles. The van der Waals surface area contributed by atoms with Crippen molar-refractivity contribution in [2.24, 2.45) is 0 Å². The van der Waals surface area contributed by atoms with Gasteiger partial charge in [-0.25, -0.2) is 0 Å². The van der Waals surface area contributed by atoms with Crippen LogP contribution in [-0.2, 0) is 9.53 Å². The van der Waals surface area contributed by atoms with E-state index >= 15 is 0 Å². The molecule has 0 radical (unpaired) electrons. The fraction of sp³-hybridized carbons (Fsp3) is 0.889. The number of carbonyl (C=O) groups excluding carboxylic acids is 1. The van der Waals surface area contributed by atoms with E-state index in [4.69, 9.17) is 4.74 Å². The number of ether oxygens (including phenoxy) is 1. The Labute approximate surface area is 72.5 Å². The van der Waals surface area contributed by atoms with Gasteiger partial charge in [0.05, 0.1) is 5.60 Å². The molecule has 1 aliphatic carbocycles. The molecule has 0 aromatic carbocycles. The second-order valence-corrected chi connectivity index (χ2v) is 3.81. The number of morpholine rings is 1. The Hall–Kier alpha value is -0.570. The number of rotatable bonds is 0. The number of amides is 1. The smallest absolute Gasteiger partial charge is 0.246 e. The van der Waals surface area contributed by atoms with Crippen LogP contribution in [0.5, 0.6) is 0 Å². The van der Waals surface area contributed by atoms with Crippen molar-refractivity contribution >= 4 is 5.91 Å². The summed E-state index contributed by atoms with van der Waals surface area (Å²) in [7, 11) is 0. The van der Waals surface area contributed by atoms with E-state index in [-0.39, 0.29) is 18.1 Å². The SMILES string of the molecule is O=C1COC2(CCCCC2)CN1. The van der Waals surface area contributed by atoms with Crippen molar-refractivity contribution in [1.29, 1.82) is 0 Å². The monoisotopic (exact) mass is 169 g/mol. The minimum absolute atomic E-state index is 0.00611. The van der Waals surface area contributed by atoms with Crippen LogP contribution in [0.3, 0.4) is 0 Å². The van der Waals surface area contributed by atoms with E-state index in [1.165, 1.54) is 19.3 Å². The summed E-state index contributed by atoms with van der Waals surface area (Å²) in [5.74, 6) is 0.0335. The molecule has 1 amide bonds. The molecule has 2 rings (SSSR count). The van der Waals surface area contributed by atoms with Crippen molar-refractivity contribution in [2.75, 3.05) is 13.2 Å². The van der Waals surface area contributed by atoms with E-state index in [1.54, 1.807) is 0 Å². The quantitative estimate of drug-likeness (QED) is 0.583. The van der Waals surface area contributed by atoms with Crippen molar-refractivity contribution in [3.05, 3.63) is 0 Å². The first-order valence-corrected chi connectivity index (χ1v) is 4.71. The van der Waals surface area contributed by atoms with Gasteiger partial charge in [0, 0.05) is 6.54 Å². The highest BCUT2D eigenvalue weighted by Crippen LogP contribution is 2.32. The van der Waals surface area contributed by atoms with E-state index in [0.717, 1.165) is 19.4 Å². The van der Waals surface area contributed by atoms with Crippen LogP contribution in [0.4, 0.5) is 0 Å². The van der Waals surface area contributed by atoms with Gasteiger partial charge < -0.3 is 10.1 Å². The summed E-state index contributed by atoms with van der Waals surface area (Å²) in [5, 5.41) is 2.88. The molecule has 12 heavy (non-hydrogen) atoms. The topological polar surface area (TPSA) is 38.3 Å². The van der Waals surface area contributed by atoms with Gasteiger partial charge in [-0.15, -0.1) is 0 Å². The second kappa shape index (κ2) is 3.05. The molecule has 2 aliphatic rings. The maximum atomic E-state index is 10.9. The summed E-state index contributed by atoms with van der Waals surface area (Å²) < 4.78 is 5.61. The molecule has 0 bridgehead atoms. The van der Waals surface area contributed by atoms with Crippen LogP contribution in [0.15, 0.2) is 0 Å². The predicted octanol–water partition coefficient (Wildman–Crippen LogP) is 0.836. The third-order valence-corrected chi connectivity index (χ3v) is 2.88. The Morgan fingerprint density at radius 1 is 1.25 bits per heavy atom. The highest BCUT2D eigenvalue weighted by molar-refractivity contribution is 5.78. The van der Waals surface area contributed by atoms with E-state index in [9.17, 15) is 4.79 Å². The molecule has 1 heterocycles. The molecule has 0 aromatic rings. The fourth-order valence-electron chi connectivity index (χ4n) is 2.10. The molecule has 3 nitrogen and oxygen atoms in total. The minimum Gasteiger partial charge on any atom is -0.363 e. The van der Waals surface area contributed by atoms with Gasteiger partial charge in [0.1, 0.15) is 6.61 Å². The number of hydrogen-bond acceptors (Lipinski definition) is 2. The van der Waals surface area contributed by atoms with Gasteiger partial charge in [0.2, 0.25) is 5.91 Å². The lowest BCUT2D eigenvalue weighted by Crippen LogP contribution is -2.53. The van der Waals surface area contributed by atoms with Crippen molar-refractivity contribution in [2.45, 2.75) is 37.7 Å². The molecule has 0 unspecified atom stereocenters. The second-order valence-electron chi connectivity index (χ2n) is 3.81. The van der Waals surface area contributed by atoms with Crippen LogP contribution >= 0.6 is 0 Å². The van der Waals surface area contributed by atoms with E-state index in [0.29, 0.717) is 0 Å². The average Bonchev–Trinajstić information content (AvgIpc) is 2.13. The van der Waals surface area contributed by atoms with Crippen LogP contribution in [0.2, 0.25) is 0 Å². The predicted molar refractivity (Wildman–Crippen MR) is 44.8 cm³/mol. The lowest BCUT2D eigenvalue weighted by atomic mass is 9.84. The van der Waals surface area contributed by atoms with Crippen LogP contribution in [0.1, 0.15) is 32.1 Å². The van der Waals surface area contributed by atoms with Crippen LogP contribution in [0, 0.1) is 0 Å². The van der Waals surface area contributed by atoms with Gasteiger partial charge in [0.25, 0.3) is 0 Å². The number of hydrogen-bond donors (Lipinski definition) is 1. The molecular weight excluding hydrogens is 154 g/mol. The van der Waals surface area contributed by atoms with Gasteiger partial charge in [-0.1, -0.05) is 19.3 Å². The first-order chi connectivity index (χ1) is 5.81. The van der Waals surface area contributed by atoms with Gasteiger partial charge in [-0.2, -0.15) is 0 Å². The molecule has 1 N–H and O–H groups in total. The molecular formula is C9H15NO2. The van der Waals surface area contributed by atoms with Crippen molar-refractivity contribution in [3.8, 4) is 0 Å². The normalized spacial score (nSPS) is 28.5. The largest absolute Gasteiger partial charge is 0.363 e. The molecule has 2 fully saturated rings. The summed E-state index contributed by atoms with van der Waals surface area (Å²) in [6.07, 6.45) is 6.05. The minimum atomic E-state index is 0.00611. The highest BCUT2D eigenvalue weighted by Gasteiger charge is 2.36. The Bertz CT molecular complexity index is 173. The van der Waals surface area contributed by atoms with Crippen LogP contribution in [-0.4, -0.2) is 24.7 Å². The van der Waals surface area contributed by atoms with Crippen LogP contribution < -0.4 is 5.32 Å². The van der Waals surface area contributed by atoms with Gasteiger partial charge >= 0.3 is 0 Å². The fourth-order valence-corrected chi connectivity index (χ4v) is 2.10. The van der Waals surface area contributed by atoms with Gasteiger partial charge in [-0.3, -0.25) is 4.79 Å². The Morgan fingerprint density at radius 3 is 2.58 bits per heavy atom. The Balaban J connectivity index is 1.96. The average molecular weight is 169 g/mol. The maximum Gasteiger partial charge on any atom is 0.246 e. The zero-order chi connectivity index (χ0) is 8.44. The summed E-state index contributed by atoms with van der Waals surface area (Å²) in [6.45, 7) is 0.992. The first-order valence-electron chi connectivity index (χ1n) is 4.71. The Morgan fingerprint density at radius 2 is 2.00 bits per heavy atom. The third kappa shape index (κ3) is 1.46. The molecule has 0 aromatic heterocycles. The number of carbonyl (C=O) groups is 1. The van der Waals surface area contributed by atoms with Crippen LogP contribution in [0.25, 0.3) is 0 Å². The van der Waals surface area contributed by atoms with E-state index in [2.05, 4.69) is 5.32 Å². The molecule has 0 atom stereocenters. The summed E-state index contributed by atoms with van der Waals surface area (Å²) in [4.78, 5) is 10.9. The lowest BCUT2D eigenvalue weighted by molar-refractivity contribution is -0.147. The molecule has 68 valence electrons. The van der Waals surface area contributed by atoms with Gasteiger partial charge in [-0.05, 0) is 12.8 Å². The van der Waals surface area contributed by atoms with Gasteiger partial charge in [0.15, 0.2) is 0 Å². The Kier molecular flexibility index (Phi) is 2.05. The zero-order valence-corrected chi connectivity index (χ0v) is 7.27. The number of nitrogens with one attached hydrogen (secondary N) is 1. The molecule has 1 saturated heterocycles. The van der Waals surface area contributed by atoms with Crippen molar-refractivity contribution < 1.29 is 9.53 Å². The summed E-state index contributed by atoms with van der Waals surface area (Å²) >= 11 is 0. The standard InChI is InChI=1S/C9H15NO2/c11-8-6-12-9(7-10-8)4-2-1-3-5-9/h1-7H2,(H,10,11). The highest BCUT2D eigenvalue weighted by atomic mass is 16.5. The summed E-state index contributed by atoms with van der Waals surface area (Å²) in [6, 6.07) is 0. The lowest BCUT2D eigenvalue weighted by Gasteiger charge is -2.39. The van der Waals surface area contributed by atoms with E-state index in [1.807, 2.05) is 0 Å².